The van der Waals surface area contributed by atoms with E-state index in [1.807, 2.05) is 13.8 Å². The zero-order valence-corrected chi connectivity index (χ0v) is 12.6. The Bertz CT molecular complexity index is 634. The summed E-state index contributed by atoms with van der Waals surface area (Å²) in [5.41, 5.74) is 1.93. The van der Waals surface area contributed by atoms with Gasteiger partial charge in [0.15, 0.2) is 11.5 Å². The molecule has 0 aliphatic heterocycles. The summed E-state index contributed by atoms with van der Waals surface area (Å²) in [6.45, 7) is 6.37. The van der Waals surface area contributed by atoms with E-state index in [0.717, 1.165) is 0 Å². The number of urea groups is 1. The molecule has 0 radical (unpaired) electrons. The zero-order chi connectivity index (χ0) is 15.5. The number of hydrogen-bond acceptors (Lipinski definition) is 4. The molecule has 1 aromatic heterocycles. The summed E-state index contributed by atoms with van der Waals surface area (Å²) in [6, 6.07) is 5.04. The number of aryl methyl sites for hydroxylation is 1. The van der Waals surface area contributed by atoms with E-state index in [9.17, 15) is 4.79 Å². The predicted molar refractivity (Wildman–Crippen MR) is 81.3 cm³/mol. The first kappa shape index (κ1) is 15.3. The van der Waals surface area contributed by atoms with Gasteiger partial charge in [0.2, 0.25) is 0 Å². The number of rotatable bonds is 5. The van der Waals surface area contributed by atoms with Crippen LogP contribution < -0.4 is 10.6 Å². The maximum absolute atomic E-state index is 11.9. The number of carbonyl (C=O) groups is 1. The Morgan fingerprint density at radius 2 is 2.19 bits per heavy atom. The van der Waals surface area contributed by atoms with Crippen LogP contribution in [-0.2, 0) is 0 Å². The molecule has 0 saturated carbocycles. The fraction of sp³-hybridized carbons (Fsp3) is 0.467. The van der Waals surface area contributed by atoms with Crippen molar-refractivity contribution in [3.05, 3.63) is 24.1 Å². The number of carbonyl (C=O) groups excluding carboxylic acids is 1. The number of oxazole rings is 1. The SMILES string of the molecule is Cc1nc2cc(NC(=O)NCC(C)(C)CCO)ccc2o1. The van der Waals surface area contributed by atoms with Crippen LogP contribution in [0.1, 0.15) is 26.2 Å². The summed E-state index contributed by atoms with van der Waals surface area (Å²) in [5.74, 6) is 0.595. The highest BCUT2D eigenvalue weighted by Gasteiger charge is 2.18. The van der Waals surface area contributed by atoms with E-state index in [0.29, 0.717) is 35.6 Å². The van der Waals surface area contributed by atoms with Gasteiger partial charge in [-0.25, -0.2) is 9.78 Å². The van der Waals surface area contributed by atoms with Crippen LogP contribution in [0.3, 0.4) is 0 Å². The first-order valence-corrected chi connectivity index (χ1v) is 6.92. The molecule has 1 aromatic carbocycles. The number of aliphatic hydroxyl groups excluding tert-OH is 1. The fourth-order valence-electron chi connectivity index (χ4n) is 2.01. The summed E-state index contributed by atoms with van der Waals surface area (Å²) in [5, 5.41) is 14.5. The number of nitrogens with zero attached hydrogens (tertiary/aromatic N) is 1. The molecule has 0 fully saturated rings. The van der Waals surface area contributed by atoms with Crippen molar-refractivity contribution >= 4 is 22.8 Å². The second-order valence-electron chi connectivity index (χ2n) is 5.86. The van der Waals surface area contributed by atoms with E-state index < -0.39 is 0 Å². The van der Waals surface area contributed by atoms with Crippen LogP contribution in [-0.4, -0.2) is 29.3 Å². The van der Waals surface area contributed by atoms with Crippen molar-refractivity contribution in [3.8, 4) is 0 Å². The molecule has 0 unspecified atom stereocenters. The van der Waals surface area contributed by atoms with Crippen LogP contribution in [0.4, 0.5) is 10.5 Å². The van der Waals surface area contributed by atoms with Crippen molar-refractivity contribution in [1.29, 1.82) is 0 Å². The number of aliphatic hydroxyl groups is 1. The summed E-state index contributed by atoms with van der Waals surface area (Å²) in [6.07, 6.45) is 0.636. The number of benzene rings is 1. The quantitative estimate of drug-likeness (QED) is 0.790. The minimum atomic E-state index is -0.277. The van der Waals surface area contributed by atoms with E-state index in [2.05, 4.69) is 15.6 Å². The maximum atomic E-state index is 11.9. The van der Waals surface area contributed by atoms with E-state index in [-0.39, 0.29) is 18.1 Å². The summed E-state index contributed by atoms with van der Waals surface area (Å²) < 4.78 is 5.38. The Morgan fingerprint density at radius 3 is 2.90 bits per heavy atom. The van der Waals surface area contributed by atoms with Crippen LogP contribution in [0.25, 0.3) is 11.1 Å². The van der Waals surface area contributed by atoms with Crippen LogP contribution in [0.5, 0.6) is 0 Å². The molecule has 0 aliphatic rings. The topological polar surface area (TPSA) is 87.4 Å². The van der Waals surface area contributed by atoms with Gasteiger partial charge in [0.1, 0.15) is 5.52 Å². The van der Waals surface area contributed by atoms with E-state index in [1.165, 1.54) is 0 Å². The van der Waals surface area contributed by atoms with Crippen molar-refractivity contribution in [2.45, 2.75) is 27.2 Å². The molecule has 6 nitrogen and oxygen atoms in total. The van der Waals surface area contributed by atoms with Crippen molar-refractivity contribution in [3.63, 3.8) is 0 Å². The van der Waals surface area contributed by atoms with Crippen molar-refractivity contribution in [2.75, 3.05) is 18.5 Å². The highest BCUT2D eigenvalue weighted by atomic mass is 16.3. The fourth-order valence-corrected chi connectivity index (χ4v) is 2.01. The van der Waals surface area contributed by atoms with E-state index in [4.69, 9.17) is 9.52 Å². The van der Waals surface area contributed by atoms with Crippen molar-refractivity contribution in [2.24, 2.45) is 5.41 Å². The Hall–Kier alpha value is -2.08. The molecule has 0 aliphatic carbocycles. The Kier molecular flexibility index (Phi) is 4.47. The smallest absolute Gasteiger partial charge is 0.319 e. The second-order valence-corrected chi connectivity index (χ2v) is 5.86. The molecular formula is C15H21N3O3. The summed E-state index contributed by atoms with van der Waals surface area (Å²) >= 11 is 0. The second kappa shape index (κ2) is 6.13. The lowest BCUT2D eigenvalue weighted by Gasteiger charge is -2.23. The third kappa shape index (κ3) is 4.19. The van der Waals surface area contributed by atoms with Crippen molar-refractivity contribution < 1.29 is 14.3 Å². The normalized spacial score (nSPS) is 11.6. The van der Waals surface area contributed by atoms with Gasteiger partial charge in [-0.05, 0) is 30.0 Å². The van der Waals surface area contributed by atoms with Gasteiger partial charge in [-0.15, -0.1) is 0 Å². The third-order valence-corrected chi connectivity index (χ3v) is 3.27. The Labute approximate surface area is 123 Å². The molecule has 0 saturated heterocycles. The number of amides is 2. The number of anilines is 1. The van der Waals surface area contributed by atoms with Gasteiger partial charge in [0.05, 0.1) is 0 Å². The van der Waals surface area contributed by atoms with E-state index >= 15 is 0 Å². The lowest BCUT2D eigenvalue weighted by Crippen LogP contribution is -2.37. The molecule has 3 N–H and O–H groups in total. The molecule has 21 heavy (non-hydrogen) atoms. The van der Waals surface area contributed by atoms with Gasteiger partial charge >= 0.3 is 6.03 Å². The monoisotopic (exact) mass is 291 g/mol. The number of nitrogens with one attached hydrogen (secondary N) is 2. The van der Waals surface area contributed by atoms with Crippen LogP contribution >= 0.6 is 0 Å². The molecule has 114 valence electrons. The molecule has 2 rings (SSSR count). The molecule has 6 heteroatoms. The lowest BCUT2D eigenvalue weighted by molar-refractivity contribution is 0.204. The average molecular weight is 291 g/mol. The number of aromatic nitrogens is 1. The van der Waals surface area contributed by atoms with Gasteiger partial charge < -0.3 is 20.2 Å². The van der Waals surface area contributed by atoms with Gasteiger partial charge in [-0.1, -0.05) is 13.8 Å². The van der Waals surface area contributed by atoms with Crippen molar-refractivity contribution in [1.82, 2.24) is 10.3 Å². The van der Waals surface area contributed by atoms with Gasteiger partial charge in [-0.3, -0.25) is 0 Å². The molecule has 2 amide bonds. The zero-order valence-electron chi connectivity index (χ0n) is 12.6. The van der Waals surface area contributed by atoms with Gasteiger partial charge in [0.25, 0.3) is 0 Å². The molecule has 0 spiro atoms. The molecule has 0 atom stereocenters. The largest absolute Gasteiger partial charge is 0.441 e. The van der Waals surface area contributed by atoms with Crippen LogP contribution in [0.15, 0.2) is 22.6 Å². The summed E-state index contributed by atoms with van der Waals surface area (Å²) in [4.78, 5) is 16.1. The maximum Gasteiger partial charge on any atom is 0.319 e. The Balaban J connectivity index is 1.94. The average Bonchev–Trinajstić information content (AvgIpc) is 2.76. The molecular weight excluding hydrogens is 270 g/mol. The molecule has 1 heterocycles. The molecule has 2 aromatic rings. The minimum absolute atomic E-state index is 0.110. The highest BCUT2D eigenvalue weighted by molar-refractivity contribution is 5.91. The number of hydrogen-bond donors (Lipinski definition) is 3. The third-order valence-electron chi connectivity index (χ3n) is 3.27. The molecule has 0 bridgehead atoms. The lowest BCUT2D eigenvalue weighted by atomic mass is 9.90. The van der Waals surface area contributed by atoms with Crippen LogP contribution in [0, 0.1) is 12.3 Å². The highest BCUT2D eigenvalue weighted by Crippen LogP contribution is 2.20. The van der Waals surface area contributed by atoms with Gasteiger partial charge in [0, 0.05) is 25.8 Å². The van der Waals surface area contributed by atoms with Gasteiger partial charge in [-0.2, -0.15) is 0 Å². The van der Waals surface area contributed by atoms with Crippen LogP contribution in [0.2, 0.25) is 0 Å². The van der Waals surface area contributed by atoms with E-state index in [1.54, 1.807) is 25.1 Å². The first-order valence-electron chi connectivity index (χ1n) is 6.92. The minimum Gasteiger partial charge on any atom is -0.441 e. The standard InChI is InChI=1S/C15H21N3O3/c1-10-17-12-8-11(4-5-13(12)21-10)18-14(20)16-9-15(2,3)6-7-19/h4-5,8,19H,6-7,9H2,1-3H3,(H2,16,18,20). The predicted octanol–water partition coefficient (Wildman–Crippen LogP) is 2.67. The summed E-state index contributed by atoms with van der Waals surface area (Å²) in [7, 11) is 0. The first-order chi connectivity index (χ1) is 9.89. The number of fused-ring (bicyclic) bond motifs is 1. The Morgan fingerprint density at radius 1 is 1.43 bits per heavy atom.